The molecule has 2 rings (SSSR count). The standard InChI is InChI=1S/C13H14BNO2/c14-10-15-8-4-7-12(15)13(16)17-9-11-5-2-1-3-6-11/h1-8H,9-10,14H2. The molecule has 0 N–H and O–H groups in total. The maximum atomic E-state index is 11.8. The fourth-order valence-electron chi connectivity index (χ4n) is 1.67. The Hall–Kier alpha value is -1.97. The highest BCUT2D eigenvalue weighted by Crippen LogP contribution is 2.07. The number of hydrogen-bond acceptors (Lipinski definition) is 2. The van der Waals surface area contributed by atoms with Crippen LogP contribution in [0.25, 0.3) is 0 Å². The highest BCUT2D eigenvalue weighted by atomic mass is 16.5. The lowest BCUT2D eigenvalue weighted by atomic mass is 10.1. The van der Waals surface area contributed by atoms with Crippen LogP contribution in [-0.2, 0) is 17.8 Å². The zero-order chi connectivity index (χ0) is 12.1. The first-order valence-corrected chi connectivity index (χ1v) is 5.67. The molecule has 0 radical (unpaired) electrons. The molecule has 0 saturated carbocycles. The van der Waals surface area contributed by atoms with Crippen LogP contribution in [-0.4, -0.2) is 18.4 Å². The number of carbonyl (C=O) groups excluding carboxylic acids is 1. The van der Waals surface area contributed by atoms with Crippen molar-refractivity contribution in [2.24, 2.45) is 0 Å². The quantitative estimate of drug-likeness (QED) is 0.584. The van der Waals surface area contributed by atoms with E-state index in [9.17, 15) is 4.79 Å². The van der Waals surface area contributed by atoms with Gasteiger partial charge in [0.25, 0.3) is 0 Å². The van der Waals surface area contributed by atoms with Crippen molar-refractivity contribution in [3.05, 3.63) is 59.9 Å². The molecule has 0 unspecified atom stereocenters. The van der Waals surface area contributed by atoms with E-state index in [0.717, 1.165) is 12.0 Å². The Labute approximate surface area is 101 Å². The molecule has 0 amide bonds. The molecule has 0 spiro atoms. The van der Waals surface area contributed by atoms with Gasteiger partial charge in [0.2, 0.25) is 0 Å². The summed E-state index contributed by atoms with van der Waals surface area (Å²) < 4.78 is 7.12. The highest BCUT2D eigenvalue weighted by molar-refractivity contribution is 6.07. The summed E-state index contributed by atoms with van der Waals surface area (Å²) in [5, 5.41) is 0. The number of aromatic nitrogens is 1. The molecule has 3 nitrogen and oxygen atoms in total. The van der Waals surface area contributed by atoms with Crippen LogP contribution in [0.1, 0.15) is 16.1 Å². The van der Waals surface area contributed by atoms with Gasteiger partial charge in [0, 0.05) is 6.20 Å². The van der Waals surface area contributed by atoms with Crippen molar-refractivity contribution in [2.45, 2.75) is 13.1 Å². The SMILES string of the molecule is BCn1cccc1C(=O)OCc1ccccc1. The number of rotatable bonds is 4. The summed E-state index contributed by atoms with van der Waals surface area (Å²) in [4.78, 5) is 11.8. The smallest absolute Gasteiger partial charge is 0.355 e. The van der Waals surface area contributed by atoms with Gasteiger partial charge in [-0.05, 0) is 24.1 Å². The van der Waals surface area contributed by atoms with Crippen LogP contribution in [0.4, 0.5) is 0 Å². The van der Waals surface area contributed by atoms with Gasteiger partial charge >= 0.3 is 5.97 Å². The molecule has 1 heterocycles. The van der Waals surface area contributed by atoms with Crippen molar-refractivity contribution in [3.8, 4) is 0 Å². The fraction of sp³-hybridized carbons (Fsp3) is 0.154. The summed E-state index contributed by atoms with van der Waals surface area (Å²) in [5.74, 6) is -0.277. The first kappa shape index (κ1) is 11.5. The number of esters is 1. The third-order valence-corrected chi connectivity index (χ3v) is 2.59. The molecule has 17 heavy (non-hydrogen) atoms. The van der Waals surface area contributed by atoms with Gasteiger partial charge < -0.3 is 9.30 Å². The second-order valence-corrected chi connectivity index (χ2v) is 3.74. The van der Waals surface area contributed by atoms with Gasteiger partial charge in [0.15, 0.2) is 0 Å². The van der Waals surface area contributed by atoms with E-state index in [2.05, 4.69) is 0 Å². The molecule has 4 heteroatoms. The number of hydrogen-bond donors (Lipinski definition) is 0. The molecular formula is C13H14BNO2. The van der Waals surface area contributed by atoms with E-state index < -0.39 is 0 Å². The van der Waals surface area contributed by atoms with Crippen molar-refractivity contribution in [1.29, 1.82) is 0 Å². The zero-order valence-corrected chi connectivity index (χ0v) is 9.80. The predicted octanol–water partition coefficient (Wildman–Crippen LogP) is 1.44. The Morgan fingerprint density at radius 1 is 1.18 bits per heavy atom. The fourth-order valence-corrected chi connectivity index (χ4v) is 1.67. The number of ether oxygens (including phenoxy) is 1. The summed E-state index contributed by atoms with van der Waals surface area (Å²) in [7, 11) is 1.99. The van der Waals surface area contributed by atoms with Crippen molar-refractivity contribution >= 4 is 13.8 Å². The number of carbonyl (C=O) groups is 1. The van der Waals surface area contributed by atoms with Crippen LogP contribution in [0.15, 0.2) is 48.7 Å². The van der Waals surface area contributed by atoms with Crippen molar-refractivity contribution in [2.75, 3.05) is 0 Å². The third kappa shape index (κ3) is 2.78. The van der Waals surface area contributed by atoms with Crippen LogP contribution >= 0.6 is 0 Å². The second-order valence-electron chi connectivity index (χ2n) is 3.74. The number of benzene rings is 1. The summed E-state index contributed by atoms with van der Waals surface area (Å²) in [5.41, 5.74) is 1.60. The molecule has 0 atom stereocenters. The van der Waals surface area contributed by atoms with Crippen LogP contribution in [0.2, 0.25) is 0 Å². The summed E-state index contributed by atoms with van der Waals surface area (Å²) in [6.45, 7) is 0.314. The van der Waals surface area contributed by atoms with Crippen LogP contribution in [0.3, 0.4) is 0 Å². The maximum absolute atomic E-state index is 11.8. The number of nitrogens with zero attached hydrogens (tertiary/aromatic N) is 1. The molecule has 1 aromatic carbocycles. The first-order chi connectivity index (χ1) is 8.31. The summed E-state index contributed by atoms with van der Waals surface area (Å²) >= 11 is 0. The van der Waals surface area contributed by atoms with Crippen molar-refractivity contribution in [3.63, 3.8) is 0 Å². The Morgan fingerprint density at radius 3 is 2.65 bits per heavy atom. The van der Waals surface area contributed by atoms with Crippen molar-refractivity contribution in [1.82, 2.24) is 4.57 Å². The largest absolute Gasteiger partial charge is 0.456 e. The third-order valence-electron chi connectivity index (χ3n) is 2.59. The van der Waals surface area contributed by atoms with E-state index in [4.69, 9.17) is 4.74 Å². The molecule has 86 valence electrons. The first-order valence-electron chi connectivity index (χ1n) is 5.67. The topological polar surface area (TPSA) is 31.2 Å². The minimum Gasteiger partial charge on any atom is -0.456 e. The predicted molar refractivity (Wildman–Crippen MR) is 68.5 cm³/mol. The average Bonchev–Trinajstić information content (AvgIpc) is 2.85. The zero-order valence-electron chi connectivity index (χ0n) is 9.80. The summed E-state index contributed by atoms with van der Waals surface area (Å²) in [6.07, 6.45) is 2.64. The monoisotopic (exact) mass is 227 g/mol. The van der Waals surface area contributed by atoms with Crippen LogP contribution in [0.5, 0.6) is 0 Å². The van der Waals surface area contributed by atoms with Gasteiger partial charge in [0.05, 0.1) is 0 Å². The lowest BCUT2D eigenvalue weighted by Gasteiger charge is -2.07. The van der Waals surface area contributed by atoms with Gasteiger partial charge in [0.1, 0.15) is 20.1 Å². The van der Waals surface area contributed by atoms with Gasteiger partial charge in [-0.25, -0.2) is 4.79 Å². The lowest BCUT2D eigenvalue weighted by molar-refractivity contribution is 0.0461. The second kappa shape index (κ2) is 5.39. The van der Waals surface area contributed by atoms with Crippen molar-refractivity contribution < 1.29 is 9.53 Å². The van der Waals surface area contributed by atoms with Gasteiger partial charge in [-0.15, -0.1) is 0 Å². The van der Waals surface area contributed by atoms with E-state index in [0.29, 0.717) is 12.3 Å². The van der Waals surface area contributed by atoms with Gasteiger partial charge in [-0.3, -0.25) is 0 Å². The van der Waals surface area contributed by atoms with Crippen LogP contribution < -0.4 is 0 Å². The molecule has 0 bridgehead atoms. The lowest BCUT2D eigenvalue weighted by Crippen LogP contribution is -2.11. The van der Waals surface area contributed by atoms with Gasteiger partial charge in [-0.2, -0.15) is 0 Å². The molecule has 2 aromatic rings. The molecule has 0 saturated heterocycles. The molecular weight excluding hydrogens is 213 g/mol. The van der Waals surface area contributed by atoms with E-state index in [-0.39, 0.29) is 5.97 Å². The van der Waals surface area contributed by atoms with E-state index in [1.54, 1.807) is 6.07 Å². The minimum absolute atomic E-state index is 0.277. The van der Waals surface area contributed by atoms with E-state index in [1.807, 2.05) is 55.0 Å². The van der Waals surface area contributed by atoms with E-state index in [1.165, 1.54) is 0 Å². The molecule has 0 aliphatic carbocycles. The van der Waals surface area contributed by atoms with E-state index >= 15 is 0 Å². The molecule has 0 fully saturated rings. The average molecular weight is 227 g/mol. The highest BCUT2D eigenvalue weighted by Gasteiger charge is 2.11. The summed E-state index contributed by atoms with van der Waals surface area (Å²) in [6, 6.07) is 13.3. The Bertz CT molecular complexity index is 493. The molecule has 0 aliphatic rings. The molecule has 0 aliphatic heterocycles. The molecule has 1 aromatic heterocycles. The Balaban J connectivity index is 1.98. The normalized spacial score (nSPS) is 10.1. The van der Waals surface area contributed by atoms with Gasteiger partial charge in [-0.1, -0.05) is 30.3 Å². The van der Waals surface area contributed by atoms with Crippen LogP contribution in [0, 0.1) is 0 Å². The Kier molecular flexibility index (Phi) is 3.65. The maximum Gasteiger partial charge on any atom is 0.355 e. The minimum atomic E-state index is -0.277. The Morgan fingerprint density at radius 2 is 1.94 bits per heavy atom.